The Morgan fingerprint density at radius 3 is 3.06 bits per heavy atom. The van der Waals surface area contributed by atoms with E-state index in [-0.39, 0.29) is 6.23 Å². The zero-order chi connectivity index (χ0) is 11.7. The van der Waals surface area contributed by atoms with Gasteiger partial charge in [0.15, 0.2) is 12.1 Å². The lowest BCUT2D eigenvalue weighted by Crippen LogP contribution is -2.30. The van der Waals surface area contributed by atoms with Crippen molar-refractivity contribution in [3.05, 3.63) is 18.3 Å². The molecule has 3 rings (SSSR count). The molecule has 1 atom stereocenters. The molecule has 3 aliphatic heterocycles. The summed E-state index contributed by atoms with van der Waals surface area (Å²) in [6.45, 7) is 3.84. The lowest BCUT2D eigenvalue weighted by atomic mass is 10.3. The van der Waals surface area contributed by atoms with Gasteiger partial charge in [-0.2, -0.15) is 0 Å². The molecule has 0 aromatic carbocycles. The first kappa shape index (κ1) is 10.6. The van der Waals surface area contributed by atoms with E-state index in [1.165, 1.54) is 0 Å². The van der Waals surface area contributed by atoms with E-state index in [1.54, 1.807) is 12.5 Å². The number of hydrogen-bond acceptors (Lipinski definition) is 5. The van der Waals surface area contributed by atoms with E-state index in [2.05, 4.69) is 21.9 Å². The van der Waals surface area contributed by atoms with E-state index < -0.39 is 0 Å². The molecule has 3 heterocycles. The summed E-state index contributed by atoms with van der Waals surface area (Å²) in [5.41, 5.74) is 0.788. The van der Waals surface area contributed by atoms with Gasteiger partial charge < -0.3 is 9.47 Å². The van der Waals surface area contributed by atoms with Crippen LogP contribution in [0.5, 0.6) is 0 Å². The quantitative estimate of drug-likeness (QED) is 0.772. The first-order chi connectivity index (χ1) is 8.40. The van der Waals surface area contributed by atoms with Crippen LogP contribution in [0.15, 0.2) is 12.5 Å². The van der Waals surface area contributed by atoms with Gasteiger partial charge in [0, 0.05) is 6.42 Å². The lowest BCUT2D eigenvalue weighted by molar-refractivity contribution is -0.123. The minimum Gasteiger partial charge on any atom is -0.374 e. The van der Waals surface area contributed by atoms with Gasteiger partial charge in [0.1, 0.15) is 17.8 Å². The van der Waals surface area contributed by atoms with E-state index in [0.717, 1.165) is 23.8 Å². The monoisotopic (exact) mass is 234 g/mol. The van der Waals surface area contributed by atoms with Crippen molar-refractivity contribution >= 4 is 0 Å². The van der Waals surface area contributed by atoms with E-state index in [1.807, 2.05) is 4.57 Å². The molecule has 0 saturated carbocycles. The molecule has 0 spiro atoms. The van der Waals surface area contributed by atoms with Gasteiger partial charge in [-0.25, -0.2) is 15.0 Å². The Morgan fingerprint density at radius 2 is 2.29 bits per heavy atom. The van der Waals surface area contributed by atoms with Crippen molar-refractivity contribution in [1.82, 2.24) is 19.5 Å². The molecule has 0 aromatic heterocycles. The van der Waals surface area contributed by atoms with Crippen molar-refractivity contribution in [3.8, 4) is 11.5 Å². The minimum atomic E-state index is -0.147. The van der Waals surface area contributed by atoms with Crippen LogP contribution in [0.4, 0.5) is 0 Å². The van der Waals surface area contributed by atoms with Crippen molar-refractivity contribution in [1.29, 1.82) is 0 Å². The van der Waals surface area contributed by atoms with Crippen LogP contribution in [0, 0.1) is 0 Å². The Balaban J connectivity index is 2.08. The summed E-state index contributed by atoms with van der Waals surface area (Å²) in [4.78, 5) is 12.8. The highest BCUT2D eigenvalue weighted by Gasteiger charge is 2.24. The summed E-state index contributed by atoms with van der Waals surface area (Å²) >= 11 is 0. The van der Waals surface area contributed by atoms with Crippen molar-refractivity contribution in [2.45, 2.75) is 19.6 Å². The Kier molecular flexibility index (Phi) is 2.74. The number of ether oxygens (including phenoxy) is 2. The number of fused-ring (bicyclic) bond motifs is 1. The Bertz CT molecular complexity index is 479. The van der Waals surface area contributed by atoms with Gasteiger partial charge in [0.05, 0.1) is 26.0 Å². The molecule has 0 N–H and O–H groups in total. The van der Waals surface area contributed by atoms with Gasteiger partial charge >= 0.3 is 0 Å². The molecule has 3 aliphatic rings. The summed E-state index contributed by atoms with van der Waals surface area (Å²) in [5, 5.41) is 0. The third-order valence-electron chi connectivity index (χ3n) is 2.85. The van der Waals surface area contributed by atoms with Crippen LogP contribution in [0.1, 0.15) is 19.0 Å². The molecular weight excluding hydrogens is 220 g/mol. The van der Waals surface area contributed by atoms with E-state index in [0.29, 0.717) is 19.8 Å². The van der Waals surface area contributed by atoms with Crippen LogP contribution < -0.4 is 0 Å². The summed E-state index contributed by atoms with van der Waals surface area (Å²) in [7, 11) is 0. The van der Waals surface area contributed by atoms with Crippen molar-refractivity contribution in [3.63, 3.8) is 0 Å². The largest absolute Gasteiger partial charge is 0.374 e. The zero-order valence-corrected chi connectivity index (χ0v) is 9.67. The van der Waals surface area contributed by atoms with Gasteiger partial charge in [0.25, 0.3) is 0 Å². The summed E-state index contributed by atoms with van der Waals surface area (Å²) < 4.78 is 13.1. The third kappa shape index (κ3) is 1.79. The predicted molar refractivity (Wildman–Crippen MR) is 59.6 cm³/mol. The van der Waals surface area contributed by atoms with Gasteiger partial charge in [-0.3, -0.25) is 4.57 Å². The Labute approximate surface area is 99.0 Å². The third-order valence-corrected chi connectivity index (χ3v) is 2.85. The number of imidazole rings is 1. The Hall–Kier alpha value is -1.53. The highest BCUT2D eigenvalue weighted by molar-refractivity contribution is 5.49. The fraction of sp³-hybridized carbons (Fsp3) is 0.545. The van der Waals surface area contributed by atoms with Crippen LogP contribution in [-0.4, -0.2) is 39.3 Å². The van der Waals surface area contributed by atoms with E-state index >= 15 is 0 Å². The topological polar surface area (TPSA) is 62.1 Å². The normalized spacial score (nSPS) is 20.9. The van der Waals surface area contributed by atoms with Gasteiger partial charge in [-0.05, 0) is 0 Å². The number of hydrogen-bond donors (Lipinski definition) is 0. The fourth-order valence-corrected chi connectivity index (χ4v) is 2.06. The molecule has 90 valence electrons. The number of nitrogens with zero attached hydrogens (tertiary/aromatic N) is 4. The maximum Gasteiger partial charge on any atom is 0.165 e. The Morgan fingerprint density at radius 1 is 1.35 bits per heavy atom. The van der Waals surface area contributed by atoms with Crippen LogP contribution in [-0.2, 0) is 15.9 Å². The van der Waals surface area contributed by atoms with Gasteiger partial charge in [-0.15, -0.1) is 0 Å². The second-order valence-electron chi connectivity index (χ2n) is 3.88. The van der Waals surface area contributed by atoms with Crippen molar-refractivity contribution in [2.24, 2.45) is 0 Å². The first-order valence-corrected chi connectivity index (χ1v) is 5.76. The number of aryl methyl sites for hydroxylation is 1. The second kappa shape index (κ2) is 4.38. The van der Waals surface area contributed by atoms with Gasteiger partial charge in [-0.1, -0.05) is 6.92 Å². The van der Waals surface area contributed by atoms with Gasteiger partial charge in [0.2, 0.25) is 0 Å². The molecule has 0 radical (unpaired) electrons. The molecule has 0 aromatic rings. The van der Waals surface area contributed by atoms with Crippen molar-refractivity contribution < 1.29 is 9.47 Å². The SMILES string of the molecule is CCc1ncc2ncnc-2n1C1COCCO1. The van der Waals surface area contributed by atoms with Crippen LogP contribution in [0.25, 0.3) is 11.5 Å². The smallest absolute Gasteiger partial charge is 0.165 e. The van der Waals surface area contributed by atoms with Crippen LogP contribution >= 0.6 is 0 Å². The van der Waals surface area contributed by atoms with E-state index in [9.17, 15) is 0 Å². The molecule has 0 aliphatic carbocycles. The molecular formula is C11H14N4O2. The van der Waals surface area contributed by atoms with Crippen LogP contribution in [0.2, 0.25) is 0 Å². The standard InChI is InChI=1S/C11H14N4O2/c1-2-9-12-5-8-11(14-7-13-8)15(9)10-6-16-3-4-17-10/h5,7,10H,2-4,6H2,1H3. The van der Waals surface area contributed by atoms with Crippen molar-refractivity contribution in [2.75, 3.05) is 19.8 Å². The average Bonchev–Trinajstić information content (AvgIpc) is 2.86. The highest BCUT2D eigenvalue weighted by Crippen LogP contribution is 2.24. The summed E-state index contributed by atoms with van der Waals surface area (Å²) in [6.07, 6.45) is 3.97. The average molecular weight is 234 g/mol. The number of aromatic nitrogens is 4. The minimum absolute atomic E-state index is 0.147. The van der Waals surface area contributed by atoms with E-state index in [4.69, 9.17) is 9.47 Å². The van der Waals surface area contributed by atoms with Crippen LogP contribution in [0.3, 0.4) is 0 Å². The first-order valence-electron chi connectivity index (χ1n) is 5.76. The zero-order valence-electron chi connectivity index (χ0n) is 9.67. The highest BCUT2D eigenvalue weighted by atomic mass is 16.6. The second-order valence-corrected chi connectivity index (χ2v) is 3.88. The number of rotatable bonds is 2. The summed E-state index contributed by atoms with van der Waals surface area (Å²) in [6, 6.07) is 0. The molecule has 1 unspecified atom stereocenters. The maximum absolute atomic E-state index is 5.71. The molecule has 17 heavy (non-hydrogen) atoms. The lowest BCUT2D eigenvalue weighted by Gasteiger charge is -2.28. The fourth-order valence-electron chi connectivity index (χ4n) is 2.06. The molecule has 0 amide bonds. The maximum atomic E-state index is 5.71. The molecule has 0 bridgehead atoms. The molecule has 1 fully saturated rings. The molecule has 6 heteroatoms. The molecule has 1 saturated heterocycles. The predicted octanol–water partition coefficient (Wildman–Crippen LogP) is 0.886. The summed E-state index contributed by atoms with van der Waals surface area (Å²) in [5.74, 6) is 1.75. The molecule has 6 nitrogen and oxygen atoms in total.